The van der Waals surface area contributed by atoms with E-state index in [1.54, 1.807) is 6.07 Å². The number of alkyl halides is 1. The van der Waals surface area contributed by atoms with Gasteiger partial charge in [0.25, 0.3) is 0 Å². The Balaban J connectivity index is 1.93. The molecule has 0 radical (unpaired) electrons. The number of rotatable bonds is 5. The van der Waals surface area contributed by atoms with Crippen molar-refractivity contribution in [2.45, 2.75) is 12.3 Å². The zero-order valence-corrected chi connectivity index (χ0v) is 13.2. The molecule has 2 rings (SSSR count). The summed E-state index contributed by atoms with van der Waals surface area (Å²) in [6.07, 6.45) is 0.666. The molecule has 0 fully saturated rings. The average molecular weight is 354 g/mol. The van der Waals surface area contributed by atoms with Crippen LogP contribution in [0.15, 0.2) is 53.0 Å². The average Bonchev–Trinajstić information content (AvgIpc) is 2.48. The first-order valence-corrected chi connectivity index (χ1v) is 7.59. The van der Waals surface area contributed by atoms with Crippen molar-refractivity contribution in [3.05, 3.63) is 69.7 Å². The van der Waals surface area contributed by atoms with E-state index in [0.29, 0.717) is 24.5 Å². The first-order valence-electron chi connectivity index (χ1n) is 6.26. The third-order valence-corrected chi connectivity index (χ3v) is 3.94. The molecule has 104 valence electrons. The van der Waals surface area contributed by atoms with Crippen molar-refractivity contribution in [1.82, 2.24) is 0 Å². The Labute approximate surface area is 131 Å². The molecule has 4 heteroatoms. The Morgan fingerprint density at radius 3 is 2.40 bits per heavy atom. The highest BCUT2D eigenvalue weighted by Crippen LogP contribution is 2.17. The quantitative estimate of drug-likeness (QED) is 0.580. The highest BCUT2D eigenvalue weighted by atomic mass is 79.9. The highest BCUT2D eigenvalue weighted by Gasteiger charge is 2.10. The fourth-order valence-corrected chi connectivity index (χ4v) is 2.60. The van der Waals surface area contributed by atoms with Gasteiger partial charge in [0.15, 0.2) is 0 Å². The van der Waals surface area contributed by atoms with E-state index in [-0.39, 0.29) is 5.97 Å². The smallest absolute Gasteiger partial charge is 0.339 e. The van der Waals surface area contributed by atoms with Crippen molar-refractivity contribution < 1.29 is 9.53 Å². The Bertz CT molecular complexity index is 599. The third kappa shape index (κ3) is 3.84. The molecule has 2 aromatic rings. The van der Waals surface area contributed by atoms with Crippen LogP contribution in [-0.2, 0) is 17.0 Å². The standard InChI is InChI=1S/C16H14BrClO2/c17-15-8-4-3-7-14(15)16(19)20-10-9-12-5-1-2-6-13(12)11-18/h1-8H,9-11H2. The van der Waals surface area contributed by atoms with Gasteiger partial charge < -0.3 is 4.74 Å². The summed E-state index contributed by atoms with van der Waals surface area (Å²) in [6.45, 7) is 0.341. The van der Waals surface area contributed by atoms with Crippen molar-refractivity contribution in [3.63, 3.8) is 0 Å². The fourth-order valence-electron chi connectivity index (χ4n) is 1.89. The monoisotopic (exact) mass is 352 g/mol. The van der Waals surface area contributed by atoms with Crippen LogP contribution in [0.25, 0.3) is 0 Å². The molecule has 0 aliphatic carbocycles. The summed E-state index contributed by atoms with van der Waals surface area (Å²) in [4.78, 5) is 11.9. The van der Waals surface area contributed by atoms with Gasteiger partial charge in [-0.3, -0.25) is 0 Å². The lowest BCUT2D eigenvalue weighted by Crippen LogP contribution is -2.09. The van der Waals surface area contributed by atoms with Gasteiger partial charge in [0.2, 0.25) is 0 Å². The van der Waals surface area contributed by atoms with E-state index in [1.807, 2.05) is 42.5 Å². The van der Waals surface area contributed by atoms with E-state index in [2.05, 4.69) is 15.9 Å². The first kappa shape index (κ1) is 15.1. The molecule has 0 atom stereocenters. The molecular formula is C16H14BrClO2. The summed E-state index contributed by atoms with van der Waals surface area (Å²) >= 11 is 9.21. The van der Waals surface area contributed by atoms with Crippen molar-refractivity contribution in [2.24, 2.45) is 0 Å². The zero-order valence-electron chi connectivity index (χ0n) is 10.8. The van der Waals surface area contributed by atoms with Gasteiger partial charge in [-0.15, -0.1) is 11.6 Å². The van der Waals surface area contributed by atoms with Crippen LogP contribution in [-0.4, -0.2) is 12.6 Å². The molecule has 0 saturated heterocycles. The minimum atomic E-state index is -0.319. The van der Waals surface area contributed by atoms with E-state index in [9.17, 15) is 4.79 Å². The third-order valence-electron chi connectivity index (χ3n) is 2.96. The summed E-state index contributed by atoms with van der Waals surface area (Å²) < 4.78 is 6.04. The molecule has 20 heavy (non-hydrogen) atoms. The van der Waals surface area contributed by atoms with E-state index in [0.717, 1.165) is 15.6 Å². The lowest BCUT2D eigenvalue weighted by Gasteiger charge is -2.08. The van der Waals surface area contributed by atoms with Crippen molar-refractivity contribution in [2.75, 3.05) is 6.61 Å². The van der Waals surface area contributed by atoms with E-state index in [4.69, 9.17) is 16.3 Å². The molecule has 0 bridgehead atoms. The van der Waals surface area contributed by atoms with Gasteiger partial charge in [-0.05, 0) is 39.2 Å². The lowest BCUT2D eigenvalue weighted by molar-refractivity contribution is 0.0508. The van der Waals surface area contributed by atoms with Crippen LogP contribution in [0.5, 0.6) is 0 Å². The van der Waals surface area contributed by atoms with Crippen molar-refractivity contribution in [1.29, 1.82) is 0 Å². The molecular weight excluding hydrogens is 340 g/mol. The molecule has 0 saturated carbocycles. The van der Waals surface area contributed by atoms with Crippen LogP contribution < -0.4 is 0 Å². The Morgan fingerprint density at radius 1 is 1.05 bits per heavy atom. The molecule has 0 aromatic heterocycles. The topological polar surface area (TPSA) is 26.3 Å². The Hall–Kier alpha value is -1.32. The number of ether oxygens (including phenoxy) is 1. The molecule has 2 nitrogen and oxygen atoms in total. The predicted molar refractivity (Wildman–Crippen MR) is 84.1 cm³/mol. The second-order valence-corrected chi connectivity index (χ2v) is 5.39. The molecule has 2 aromatic carbocycles. The molecule has 0 aliphatic heterocycles. The molecule has 0 N–H and O–H groups in total. The number of halogens is 2. The number of benzene rings is 2. The predicted octanol–water partition coefficient (Wildman–Crippen LogP) is 4.59. The van der Waals surface area contributed by atoms with Gasteiger partial charge in [-0.25, -0.2) is 4.79 Å². The second-order valence-electron chi connectivity index (χ2n) is 4.27. The number of carbonyl (C=O) groups excluding carboxylic acids is 1. The summed E-state index contributed by atoms with van der Waals surface area (Å²) in [5.74, 6) is 0.148. The summed E-state index contributed by atoms with van der Waals surface area (Å²) in [6, 6.07) is 15.1. The SMILES string of the molecule is O=C(OCCc1ccccc1CCl)c1ccccc1Br. The number of esters is 1. The summed E-state index contributed by atoms with van der Waals surface area (Å²) in [7, 11) is 0. The van der Waals surface area contributed by atoms with E-state index < -0.39 is 0 Å². The molecule has 0 aliphatic rings. The van der Waals surface area contributed by atoms with Crippen LogP contribution in [0.3, 0.4) is 0 Å². The van der Waals surface area contributed by atoms with E-state index in [1.165, 1.54) is 0 Å². The summed E-state index contributed by atoms with van der Waals surface area (Å²) in [5.41, 5.74) is 2.73. The zero-order chi connectivity index (χ0) is 14.4. The Kier molecular flexibility index (Phi) is 5.62. The van der Waals surface area contributed by atoms with Gasteiger partial charge in [0, 0.05) is 16.8 Å². The summed E-state index contributed by atoms with van der Waals surface area (Å²) in [5, 5.41) is 0. The van der Waals surface area contributed by atoms with Gasteiger partial charge in [0.1, 0.15) is 0 Å². The van der Waals surface area contributed by atoms with Crippen LogP contribution in [0.2, 0.25) is 0 Å². The molecule has 0 heterocycles. The maximum Gasteiger partial charge on any atom is 0.339 e. The van der Waals surface area contributed by atoms with Crippen molar-refractivity contribution in [3.8, 4) is 0 Å². The molecule has 0 amide bonds. The minimum absolute atomic E-state index is 0.319. The fraction of sp³-hybridized carbons (Fsp3) is 0.188. The normalized spacial score (nSPS) is 10.3. The number of carbonyl (C=O) groups is 1. The Morgan fingerprint density at radius 2 is 1.70 bits per heavy atom. The van der Waals surface area contributed by atoms with Crippen LogP contribution in [0, 0.1) is 0 Å². The van der Waals surface area contributed by atoms with Gasteiger partial charge in [-0.2, -0.15) is 0 Å². The minimum Gasteiger partial charge on any atom is -0.462 e. The van der Waals surface area contributed by atoms with Gasteiger partial charge in [-0.1, -0.05) is 36.4 Å². The van der Waals surface area contributed by atoms with Gasteiger partial charge in [0.05, 0.1) is 12.2 Å². The number of hydrogen-bond donors (Lipinski definition) is 0. The van der Waals surface area contributed by atoms with Crippen LogP contribution in [0.4, 0.5) is 0 Å². The maximum atomic E-state index is 11.9. The van der Waals surface area contributed by atoms with Gasteiger partial charge >= 0.3 is 5.97 Å². The second kappa shape index (κ2) is 7.46. The lowest BCUT2D eigenvalue weighted by atomic mass is 10.1. The molecule has 0 unspecified atom stereocenters. The number of hydrogen-bond acceptors (Lipinski definition) is 2. The van der Waals surface area contributed by atoms with Crippen LogP contribution in [0.1, 0.15) is 21.5 Å². The largest absolute Gasteiger partial charge is 0.462 e. The first-order chi connectivity index (χ1) is 9.72. The molecule has 0 spiro atoms. The van der Waals surface area contributed by atoms with Crippen molar-refractivity contribution >= 4 is 33.5 Å². The highest BCUT2D eigenvalue weighted by molar-refractivity contribution is 9.10. The maximum absolute atomic E-state index is 11.9. The van der Waals surface area contributed by atoms with E-state index >= 15 is 0 Å². The van der Waals surface area contributed by atoms with Crippen LogP contribution >= 0.6 is 27.5 Å².